The summed E-state index contributed by atoms with van der Waals surface area (Å²) in [5, 5.41) is 17.0. The predicted molar refractivity (Wildman–Crippen MR) is 58.5 cm³/mol. The molecule has 0 aliphatic heterocycles. The summed E-state index contributed by atoms with van der Waals surface area (Å²) in [7, 11) is 0. The molecule has 0 radical (unpaired) electrons. The van der Waals surface area contributed by atoms with Crippen LogP contribution in [0.15, 0.2) is 28.7 Å². The Balaban J connectivity index is 2.73. The van der Waals surface area contributed by atoms with Gasteiger partial charge in [0.1, 0.15) is 0 Å². The van der Waals surface area contributed by atoms with Crippen LogP contribution in [0.1, 0.15) is 18.6 Å². The fourth-order valence-corrected chi connectivity index (χ4v) is 1.30. The molecular weight excluding hydrogens is 246 g/mol. The highest BCUT2D eigenvalue weighted by Gasteiger charge is 2.13. The van der Waals surface area contributed by atoms with Gasteiger partial charge in [-0.25, -0.2) is 0 Å². The van der Waals surface area contributed by atoms with E-state index in [-0.39, 0.29) is 5.90 Å². The lowest BCUT2D eigenvalue weighted by atomic mass is 10.1. The molecule has 0 aliphatic carbocycles. The molecule has 0 unspecified atom stereocenters. The van der Waals surface area contributed by atoms with Crippen LogP contribution in [0, 0.1) is 5.41 Å². The highest BCUT2D eigenvalue weighted by atomic mass is 79.9. The van der Waals surface area contributed by atoms with Gasteiger partial charge in [-0.2, -0.15) is 0 Å². The molecule has 0 amide bonds. The molecule has 0 fully saturated rings. The maximum atomic E-state index is 9.65. The molecule has 1 aromatic rings. The van der Waals surface area contributed by atoms with Gasteiger partial charge in [0.25, 0.3) is 0 Å². The number of ether oxygens (including phenoxy) is 1. The molecule has 1 rings (SSSR count). The van der Waals surface area contributed by atoms with E-state index in [0.717, 1.165) is 4.47 Å². The van der Waals surface area contributed by atoms with Gasteiger partial charge < -0.3 is 9.84 Å². The maximum Gasteiger partial charge on any atom is 0.214 e. The van der Waals surface area contributed by atoms with Gasteiger partial charge in [0.2, 0.25) is 5.90 Å². The van der Waals surface area contributed by atoms with E-state index in [0.29, 0.717) is 12.2 Å². The first-order valence-corrected chi connectivity index (χ1v) is 5.09. The molecule has 0 aromatic heterocycles. The van der Waals surface area contributed by atoms with Gasteiger partial charge in [-0.3, -0.25) is 5.41 Å². The third-order valence-electron chi connectivity index (χ3n) is 1.73. The topological polar surface area (TPSA) is 53.3 Å². The summed E-state index contributed by atoms with van der Waals surface area (Å²) in [6.07, 6.45) is -0.969. The number of hydrogen-bond donors (Lipinski definition) is 2. The van der Waals surface area contributed by atoms with Gasteiger partial charge in [-0.05, 0) is 24.6 Å². The van der Waals surface area contributed by atoms with Gasteiger partial charge in [-0.15, -0.1) is 0 Å². The van der Waals surface area contributed by atoms with Crippen molar-refractivity contribution >= 4 is 21.8 Å². The SMILES string of the molecule is CCOC(=N)[C@@H](O)c1ccc(Br)cc1. The molecule has 2 N–H and O–H groups in total. The van der Waals surface area contributed by atoms with E-state index in [1.165, 1.54) is 0 Å². The molecule has 76 valence electrons. The molecule has 14 heavy (non-hydrogen) atoms. The van der Waals surface area contributed by atoms with Crippen molar-refractivity contribution in [3.63, 3.8) is 0 Å². The molecule has 0 spiro atoms. The number of aliphatic hydroxyl groups excluding tert-OH is 1. The molecule has 0 aliphatic rings. The largest absolute Gasteiger partial charge is 0.479 e. The molecule has 0 saturated carbocycles. The number of benzene rings is 1. The van der Waals surface area contributed by atoms with Crippen LogP contribution in [0.25, 0.3) is 0 Å². The van der Waals surface area contributed by atoms with E-state index in [2.05, 4.69) is 15.9 Å². The van der Waals surface area contributed by atoms with E-state index in [9.17, 15) is 5.11 Å². The minimum atomic E-state index is -0.969. The average molecular weight is 258 g/mol. The first kappa shape index (κ1) is 11.2. The molecule has 0 saturated heterocycles. The van der Waals surface area contributed by atoms with Crippen LogP contribution in [-0.4, -0.2) is 17.6 Å². The molecule has 1 aromatic carbocycles. The minimum absolute atomic E-state index is 0.116. The second-order valence-corrected chi connectivity index (χ2v) is 3.67. The second-order valence-electron chi connectivity index (χ2n) is 2.75. The minimum Gasteiger partial charge on any atom is -0.479 e. The molecule has 4 heteroatoms. The fourth-order valence-electron chi connectivity index (χ4n) is 1.03. The first-order chi connectivity index (χ1) is 6.65. The number of nitrogens with one attached hydrogen (secondary N) is 1. The van der Waals surface area contributed by atoms with Crippen LogP contribution in [0.3, 0.4) is 0 Å². The van der Waals surface area contributed by atoms with Gasteiger partial charge in [0.05, 0.1) is 6.61 Å². The van der Waals surface area contributed by atoms with E-state index in [1.54, 1.807) is 19.1 Å². The Labute approximate surface area is 91.4 Å². The lowest BCUT2D eigenvalue weighted by Gasteiger charge is -2.12. The Bertz CT molecular complexity index is 310. The van der Waals surface area contributed by atoms with E-state index in [1.807, 2.05) is 12.1 Å². The Morgan fingerprint density at radius 1 is 1.50 bits per heavy atom. The summed E-state index contributed by atoms with van der Waals surface area (Å²) in [4.78, 5) is 0. The molecule has 3 nitrogen and oxygen atoms in total. The van der Waals surface area contributed by atoms with Gasteiger partial charge >= 0.3 is 0 Å². The van der Waals surface area contributed by atoms with Crippen LogP contribution in [-0.2, 0) is 4.74 Å². The summed E-state index contributed by atoms with van der Waals surface area (Å²) >= 11 is 3.30. The first-order valence-electron chi connectivity index (χ1n) is 4.30. The number of halogens is 1. The van der Waals surface area contributed by atoms with Crippen LogP contribution >= 0.6 is 15.9 Å². The second kappa shape index (κ2) is 5.12. The number of rotatable bonds is 3. The summed E-state index contributed by atoms with van der Waals surface area (Å²) < 4.78 is 5.85. The van der Waals surface area contributed by atoms with Crippen LogP contribution in [0.4, 0.5) is 0 Å². The molecule has 0 heterocycles. The zero-order valence-electron chi connectivity index (χ0n) is 7.83. The molecular formula is C10H12BrNO2. The van der Waals surface area contributed by atoms with E-state index in [4.69, 9.17) is 10.1 Å². The number of aliphatic hydroxyl groups is 1. The van der Waals surface area contributed by atoms with Gasteiger partial charge in [-0.1, -0.05) is 28.1 Å². The maximum absolute atomic E-state index is 9.65. The van der Waals surface area contributed by atoms with E-state index < -0.39 is 6.10 Å². The molecule has 1 atom stereocenters. The lowest BCUT2D eigenvalue weighted by Crippen LogP contribution is -2.14. The Morgan fingerprint density at radius 2 is 2.07 bits per heavy atom. The average Bonchev–Trinajstić information content (AvgIpc) is 2.18. The lowest BCUT2D eigenvalue weighted by molar-refractivity contribution is 0.190. The zero-order valence-corrected chi connectivity index (χ0v) is 9.41. The summed E-state index contributed by atoms with van der Waals surface area (Å²) in [5.74, 6) is -0.116. The van der Waals surface area contributed by atoms with Crippen LogP contribution in [0.2, 0.25) is 0 Å². The van der Waals surface area contributed by atoms with Crippen molar-refractivity contribution in [3.8, 4) is 0 Å². The Hall–Kier alpha value is -0.870. The smallest absolute Gasteiger partial charge is 0.214 e. The highest BCUT2D eigenvalue weighted by Crippen LogP contribution is 2.17. The highest BCUT2D eigenvalue weighted by molar-refractivity contribution is 9.10. The van der Waals surface area contributed by atoms with Crippen molar-refractivity contribution in [3.05, 3.63) is 34.3 Å². The van der Waals surface area contributed by atoms with E-state index >= 15 is 0 Å². The standard InChI is InChI=1S/C10H12BrNO2/c1-2-14-10(12)9(13)7-3-5-8(11)6-4-7/h3-6,9,12-13H,2H2,1H3/t9-/m0/s1. The summed E-state index contributed by atoms with van der Waals surface area (Å²) in [6.45, 7) is 2.18. The number of hydrogen-bond acceptors (Lipinski definition) is 3. The quantitative estimate of drug-likeness (QED) is 0.646. The monoisotopic (exact) mass is 257 g/mol. The Morgan fingerprint density at radius 3 is 2.57 bits per heavy atom. The van der Waals surface area contributed by atoms with Crippen molar-refractivity contribution in [2.24, 2.45) is 0 Å². The van der Waals surface area contributed by atoms with Crippen molar-refractivity contribution < 1.29 is 9.84 Å². The third-order valence-corrected chi connectivity index (χ3v) is 2.26. The normalized spacial score (nSPS) is 12.2. The van der Waals surface area contributed by atoms with Crippen LogP contribution < -0.4 is 0 Å². The van der Waals surface area contributed by atoms with Crippen molar-refractivity contribution in [2.45, 2.75) is 13.0 Å². The van der Waals surface area contributed by atoms with Crippen molar-refractivity contribution in [1.29, 1.82) is 5.41 Å². The third kappa shape index (κ3) is 2.82. The predicted octanol–water partition coefficient (Wildman–Crippen LogP) is 2.50. The summed E-state index contributed by atoms with van der Waals surface area (Å²) in [6, 6.07) is 7.14. The Kier molecular flexibility index (Phi) is 4.10. The zero-order chi connectivity index (χ0) is 10.6. The fraction of sp³-hybridized carbons (Fsp3) is 0.300. The summed E-state index contributed by atoms with van der Waals surface area (Å²) in [5.41, 5.74) is 0.659. The molecule has 0 bridgehead atoms. The van der Waals surface area contributed by atoms with Crippen LogP contribution in [0.5, 0.6) is 0 Å². The van der Waals surface area contributed by atoms with Crippen molar-refractivity contribution in [2.75, 3.05) is 6.61 Å². The van der Waals surface area contributed by atoms with Gasteiger partial charge in [0, 0.05) is 4.47 Å². The van der Waals surface area contributed by atoms with Crippen molar-refractivity contribution in [1.82, 2.24) is 0 Å². The van der Waals surface area contributed by atoms with Gasteiger partial charge in [0.15, 0.2) is 6.10 Å².